The molecular weight excluding hydrogens is 468 g/mol. The van der Waals surface area contributed by atoms with E-state index in [1.807, 2.05) is 66.7 Å². The second kappa shape index (κ2) is 10.3. The van der Waals surface area contributed by atoms with Gasteiger partial charge in [-0.3, -0.25) is 19.6 Å². The molecule has 4 aromatic carbocycles. The molecule has 184 valence electrons. The topological polar surface area (TPSA) is 123 Å². The third-order valence-electron chi connectivity index (χ3n) is 6.31. The number of hydrogen-bond acceptors (Lipinski definition) is 4. The summed E-state index contributed by atoms with van der Waals surface area (Å²) in [6, 6.07) is 26.2. The minimum absolute atomic E-state index is 0.194. The summed E-state index contributed by atoms with van der Waals surface area (Å²) in [6.45, 7) is 0.292. The van der Waals surface area contributed by atoms with E-state index < -0.39 is 17.9 Å². The first-order chi connectivity index (χ1) is 18.0. The number of hydroxylamine groups is 1. The number of hydrogen-bond donors (Lipinski definition) is 5. The molecule has 0 spiro atoms. The van der Waals surface area contributed by atoms with Gasteiger partial charge in [0.1, 0.15) is 6.04 Å². The molecule has 0 radical (unpaired) electrons. The fraction of sp³-hybridized carbons (Fsp3) is 0.0690. The van der Waals surface area contributed by atoms with Crippen LogP contribution in [0.2, 0.25) is 0 Å². The van der Waals surface area contributed by atoms with E-state index in [9.17, 15) is 14.4 Å². The molecular formula is C29H24N4O4. The Bertz CT molecular complexity index is 1600. The predicted octanol–water partition coefficient (Wildman–Crippen LogP) is 4.23. The number of amides is 3. The zero-order valence-corrected chi connectivity index (χ0v) is 19.7. The van der Waals surface area contributed by atoms with Gasteiger partial charge in [-0.25, -0.2) is 5.48 Å². The van der Waals surface area contributed by atoms with Crippen LogP contribution in [-0.4, -0.2) is 27.9 Å². The van der Waals surface area contributed by atoms with Crippen LogP contribution in [0.5, 0.6) is 0 Å². The lowest BCUT2D eigenvalue weighted by Crippen LogP contribution is -2.40. The highest BCUT2D eigenvalue weighted by molar-refractivity contribution is 6.01. The molecule has 5 aromatic rings. The molecule has 0 unspecified atom stereocenters. The average molecular weight is 493 g/mol. The number of fused-ring (bicyclic) bond motifs is 2. The Morgan fingerprint density at radius 2 is 1.41 bits per heavy atom. The SMILES string of the molecule is O=C(NO)c1ccc(C(=O)N[C@H](C(=O)NCc2cccc3ccccc23)c2c[nH]c3ccccc23)cc1. The number of rotatable bonds is 7. The second-order valence-corrected chi connectivity index (χ2v) is 8.57. The van der Waals surface area contributed by atoms with Crippen LogP contribution in [0.4, 0.5) is 0 Å². The zero-order valence-electron chi connectivity index (χ0n) is 19.7. The van der Waals surface area contributed by atoms with E-state index in [4.69, 9.17) is 5.21 Å². The zero-order chi connectivity index (χ0) is 25.8. The number of aromatic nitrogens is 1. The molecule has 5 rings (SSSR count). The maximum Gasteiger partial charge on any atom is 0.274 e. The standard InChI is InChI=1S/C29H24N4O4/c34-27(19-12-14-20(15-13-19)28(35)33-37)32-26(24-17-30-25-11-4-3-10-23(24)25)29(36)31-16-21-8-5-7-18-6-1-2-9-22(18)21/h1-15,17,26,30,37H,16H2,(H,31,36)(H,32,34)(H,33,35)/t26-/m0/s1. The largest absolute Gasteiger partial charge is 0.361 e. The van der Waals surface area contributed by atoms with Crippen LogP contribution in [0.1, 0.15) is 37.9 Å². The van der Waals surface area contributed by atoms with Gasteiger partial charge in [0.15, 0.2) is 0 Å². The fourth-order valence-electron chi connectivity index (χ4n) is 4.40. The Morgan fingerprint density at radius 1 is 0.757 bits per heavy atom. The summed E-state index contributed by atoms with van der Waals surface area (Å²) in [4.78, 5) is 41.4. The summed E-state index contributed by atoms with van der Waals surface area (Å²) in [5.41, 5.74) is 4.46. The maximum atomic E-state index is 13.5. The van der Waals surface area contributed by atoms with Crippen molar-refractivity contribution in [3.05, 3.63) is 119 Å². The van der Waals surface area contributed by atoms with Gasteiger partial charge in [-0.05, 0) is 46.7 Å². The molecule has 0 fully saturated rings. The van der Waals surface area contributed by atoms with E-state index in [1.165, 1.54) is 24.3 Å². The van der Waals surface area contributed by atoms with Crippen LogP contribution in [0.3, 0.4) is 0 Å². The lowest BCUT2D eigenvalue weighted by molar-refractivity contribution is -0.123. The van der Waals surface area contributed by atoms with Gasteiger partial charge in [0.2, 0.25) is 5.91 Å². The van der Waals surface area contributed by atoms with Crippen LogP contribution in [0.25, 0.3) is 21.7 Å². The minimum atomic E-state index is -0.973. The van der Waals surface area contributed by atoms with Crippen molar-refractivity contribution in [2.75, 3.05) is 0 Å². The molecule has 0 aliphatic carbocycles. The molecule has 0 bridgehead atoms. The summed E-state index contributed by atoms with van der Waals surface area (Å²) in [7, 11) is 0. The van der Waals surface area contributed by atoms with Gasteiger partial charge in [0, 0.05) is 40.3 Å². The van der Waals surface area contributed by atoms with E-state index in [0.717, 1.165) is 27.2 Å². The Morgan fingerprint density at radius 3 is 2.16 bits per heavy atom. The lowest BCUT2D eigenvalue weighted by Gasteiger charge is -2.19. The summed E-state index contributed by atoms with van der Waals surface area (Å²) in [6.07, 6.45) is 1.72. The normalized spacial score (nSPS) is 11.7. The number of H-pyrrole nitrogens is 1. The molecule has 8 heteroatoms. The van der Waals surface area contributed by atoms with Gasteiger partial charge >= 0.3 is 0 Å². The highest BCUT2D eigenvalue weighted by Gasteiger charge is 2.26. The van der Waals surface area contributed by atoms with Gasteiger partial charge in [-0.2, -0.15) is 0 Å². The predicted molar refractivity (Wildman–Crippen MR) is 140 cm³/mol. The highest BCUT2D eigenvalue weighted by atomic mass is 16.5. The third kappa shape index (κ3) is 4.91. The van der Waals surface area contributed by atoms with Gasteiger partial charge in [0.05, 0.1) is 0 Å². The summed E-state index contributed by atoms with van der Waals surface area (Å²) in [5, 5.41) is 17.6. The van der Waals surface area contributed by atoms with Crippen molar-refractivity contribution in [3.8, 4) is 0 Å². The monoisotopic (exact) mass is 492 g/mol. The fourth-order valence-corrected chi connectivity index (χ4v) is 4.40. The van der Waals surface area contributed by atoms with Gasteiger partial charge < -0.3 is 15.6 Å². The van der Waals surface area contributed by atoms with Crippen LogP contribution in [0, 0.1) is 0 Å². The molecule has 1 atom stereocenters. The lowest BCUT2D eigenvalue weighted by atomic mass is 10.0. The molecule has 5 N–H and O–H groups in total. The first-order valence-electron chi connectivity index (χ1n) is 11.7. The van der Waals surface area contributed by atoms with Gasteiger partial charge in [-0.1, -0.05) is 60.7 Å². The Kier molecular flexibility index (Phi) is 6.65. The maximum absolute atomic E-state index is 13.5. The molecule has 0 saturated carbocycles. The van der Waals surface area contributed by atoms with Crippen molar-refractivity contribution >= 4 is 39.4 Å². The summed E-state index contributed by atoms with van der Waals surface area (Å²) in [5.74, 6) is -1.52. The van der Waals surface area contributed by atoms with Crippen LogP contribution < -0.4 is 16.1 Å². The number of carbonyl (C=O) groups is 3. The molecule has 8 nitrogen and oxygen atoms in total. The summed E-state index contributed by atoms with van der Waals surface area (Å²) >= 11 is 0. The van der Waals surface area contributed by atoms with Crippen molar-refractivity contribution in [3.63, 3.8) is 0 Å². The van der Waals surface area contributed by atoms with E-state index in [-0.39, 0.29) is 17.0 Å². The molecule has 0 aliphatic heterocycles. The molecule has 1 heterocycles. The first kappa shape index (κ1) is 23.8. The first-order valence-corrected chi connectivity index (χ1v) is 11.7. The van der Waals surface area contributed by atoms with Crippen molar-refractivity contribution in [1.82, 2.24) is 21.1 Å². The Balaban J connectivity index is 1.42. The van der Waals surface area contributed by atoms with Crippen molar-refractivity contribution in [2.45, 2.75) is 12.6 Å². The van der Waals surface area contributed by atoms with E-state index >= 15 is 0 Å². The van der Waals surface area contributed by atoms with Crippen LogP contribution in [0.15, 0.2) is 97.2 Å². The van der Waals surface area contributed by atoms with Crippen LogP contribution in [-0.2, 0) is 11.3 Å². The molecule has 0 saturated heterocycles. The third-order valence-corrected chi connectivity index (χ3v) is 6.31. The number of aromatic amines is 1. The number of nitrogens with one attached hydrogen (secondary N) is 4. The molecule has 1 aromatic heterocycles. The minimum Gasteiger partial charge on any atom is -0.361 e. The second-order valence-electron chi connectivity index (χ2n) is 8.57. The van der Waals surface area contributed by atoms with Crippen molar-refractivity contribution in [2.24, 2.45) is 0 Å². The van der Waals surface area contributed by atoms with Crippen LogP contribution >= 0.6 is 0 Å². The van der Waals surface area contributed by atoms with Crippen molar-refractivity contribution in [1.29, 1.82) is 0 Å². The number of carbonyl (C=O) groups excluding carboxylic acids is 3. The average Bonchev–Trinajstić information content (AvgIpc) is 3.38. The molecule has 3 amide bonds. The summed E-state index contributed by atoms with van der Waals surface area (Å²) < 4.78 is 0. The molecule has 0 aliphatic rings. The van der Waals surface area contributed by atoms with E-state index in [2.05, 4.69) is 15.6 Å². The smallest absolute Gasteiger partial charge is 0.274 e. The number of benzene rings is 4. The van der Waals surface area contributed by atoms with E-state index in [1.54, 1.807) is 11.7 Å². The Hall–Kier alpha value is -4.95. The van der Waals surface area contributed by atoms with E-state index in [0.29, 0.717) is 12.1 Å². The molecule has 37 heavy (non-hydrogen) atoms. The van der Waals surface area contributed by atoms with Crippen molar-refractivity contribution < 1.29 is 19.6 Å². The van der Waals surface area contributed by atoms with Gasteiger partial charge in [-0.15, -0.1) is 0 Å². The highest BCUT2D eigenvalue weighted by Crippen LogP contribution is 2.25. The Labute approximate surface area is 212 Å². The number of para-hydroxylation sites is 1. The quantitative estimate of drug-likeness (QED) is 0.172. The van der Waals surface area contributed by atoms with Gasteiger partial charge in [0.25, 0.3) is 11.8 Å².